The lowest BCUT2D eigenvalue weighted by Gasteiger charge is -2.08. The highest BCUT2D eigenvalue weighted by molar-refractivity contribution is 6.30. The molecule has 124 valence electrons. The molecule has 0 spiro atoms. The van der Waals surface area contributed by atoms with Gasteiger partial charge in [-0.2, -0.15) is 0 Å². The summed E-state index contributed by atoms with van der Waals surface area (Å²) in [6, 6.07) is 23.0. The number of carbonyl (C=O) groups is 2. The fraction of sp³-hybridized carbons (Fsp3) is 0.0476. The van der Waals surface area contributed by atoms with Gasteiger partial charge in [-0.3, -0.25) is 9.59 Å². The van der Waals surface area contributed by atoms with Crippen molar-refractivity contribution in [1.29, 1.82) is 0 Å². The highest BCUT2D eigenvalue weighted by Gasteiger charge is 2.10. The molecule has 3 aromatic carbocycles. The second-order valence-electron chi connectivity index (χ2n) is 5.56. The Morgan fingerprint density at radius 2 is 1.44 bits per heavy atom. The van der Waals surface area contributed by atoms with Gasteiger partial charge in [0, 0.05) is 27.4 Å². The number of benzene rings is 3. The molecule has 0 aliphatic heterocycles. The Hall–Kier alpha value is -2.91. The fourth-order valence-corrected chi connectivity index (χ4v) is 2.57. The zero-order valence-electron chi connectivity index (χ0n) is 13.4. The maximum absolute atomic E-state index is 12.5. The average molecular weight is 350 g/mol. The van der Waals surface area contributed by atoms with E-state index in [1.165, 1.54) is 0 Å². The standard InChI is InChI=1S/C21H16ClNO2/c22-18-11-9-15(10-12-18)20(24)14-23-19-8-4-7-17(13-19)21(25)16-5-2-1-3-6-16/h1-13,23H,14H2. The maximum Gasteiger partial charge on any atom is 0.193 e. The van der Waals surface area contributed by atoms with Crippen LogP contribution < -0.4 is 5.32 Å². The molecule has 0 aromatic heterocycles. The SMILES string of the molecule is O=C(CNc1cccc(C(=O)c2ccccc2)c1)c1ccc(Cl)cc1. The third-order valence-electron chi connectivity index (χ3n) is 3.78. The van der Waals surface area contributed by atoms with Crippen molar-refractivity contribution in [1.82, 2.24) is 0 Å². The zero-order valence-corrected chi connectivity index (χ0v) is 14.2. The van der Waals surface area contributed by atoms with Crippen LogP contribution in [0.15, 0.2) is 78.9 Å². The number of anilines is 1. The van der Waals surface area contributed by atoms with Crippen LogP contribution in [0, 0.1) is 0 Å². The van der Waals surface area contributed by atoms with Gasteiger partial charge in [-0.15, -0.1) is 0 Å². The molecule has 4 heteroatoms. The van der Waals surface area contributed by atoms with Gasteiger partial charge in [0.15, 0.2) is 11.6 Å². The van der Waals surface area contributed by atoms with Gasteiger partial charge < -0.3 is 5.32 Å². The summed E-state index contributed by atoms with van der Waals surface area (Å²) in [6.07, 6.45) is 0. The third-order valence-corrected chi connectivity index (χ3v) is 4.03. The van der Waals surface area contributed by atoms with E-state index in [1.54, 1.807) is 54.6 Å². The first-order chi connectivity index (χ1) is 12.1. The number of rotatable bonds is 6. The Bertz CT molecular complexity index is 889. The molecule has 0 unspecified atom stereocenters. The maximum atomic E-state index is 12.5. The zero-order chi connectivity index (χ0) is 17.6. The van der Waals surface area contributed by atoms with E-state index in [0.717, 1.165) is 5.69 Å². The summed E-state index contributed by atoms with van der Waals surface area (Å²) in [4.78, 5) is 24.7. The highest BCUT2D eigenvalue weighted by atomic mass is 35.5. The topological polar surface area (TPSA) is 46.2 Å². The van der Waals surface area contributed by atoms with Gasteiger partial charge in [-0.25, -0.2) is 0 Å². The second-order valence-corrected chi connectivity index (χ2v) is 6.00. The molecule has 25 heavy (non-hydrogen) atoms. The minimum absolute atomic E-state index is 0.0449. The number of hydrogen-bond acceptors (Lipinski definition) is 3. The van der Waals surface area contributed by atoms with Crippen LogP contribution in [-0.2, 0) is 0 Å². The van der Waals surface area contributed by atoms with Gasteiger partial charge in [0.1, 0.15) is 0 Å². The highest BCUT2D eigenvalue weighted by Crippen LogP contribution is 2.15. The molecule has 0 fully saturated rings. The number of carbonyl (C=O) groups excluding carboxylic acids is 2. The van der Waals surface area contributed by atoms with E-state index >= 15 is 0 Å². The average Bonchev–Trinajstić information content (AvgIpc) is 2.67. The van der Waals surface area contributed by atoms with Crippen molar-refractivity contribution in [2.24, 2.45) is 0 Å². The Balaban J connectivity index is 1.69. The van der Waals surface area contributed by atoms with Crippen LogP contribution in [0.2, 0.25) is 5.02 Å². The first-order valence-electron chi connectivity index (χ1n) is 7.86. The number of nitrogens with one attached hydrogen (secondary N) is 1. The molecule has 0 saturated carbocycles. The molecule has 0 bridgehead atoms. The number of halogens is 1. The van der Waals surface area contributed by atoms with Crippen LogP contribution in [0.4, 0.5) is 5.69 Å². The molecule has 3 aromatic rings. The molecule has 0 amide bonds. The normalized spacial score (nSPS) is 10.3. The van der Waals surface area contributed by atoms with Crippen molar-refractivity contribution in [3.63, 3.8) is 0 Å². The largest absolute Gasteiger partial charge is 0.378 e. The van der Waals surface area contributed by atoms with Gasteiger partial charge in [0.25, 0.3) is 0 Å². The number of hydrogen-bond donors (Lipinski definition) is 1. The Morgan fingerprint density at radius 3 is 2.16 bits per heavy atom. The summed E-state index contributed by atoms with van der Waals surface area (Å²) in [5.74, 6) is -0.0928. The molecule has 0 radical (unpaired) electrons. The van der Waals surface area contributed by atoms with E-state index in [9.17, 15) is 9.59 Å². The molecule has 0 atom stereocenters. The van der Waals surface area contributed by atoms with Gasteiger partial charge in [-0.1, -0.05) is 54.1 Å². The first-order valence-corrected chi connectivity index (χ1v) is 8.24. The van der Waals surface area contributed by atoms with Gasteiger partial charge in [0.05, 0.1) is 6.54 Å². The predicted octanol–water partition coefficient (Wildman–Crippen LogP) is 4.87. The molecule has 0 aliphatic rings. The summed E-state index contributed by atoms with van der Waals surface area (Å²) in [6.45, 7) is 0.143. The predicted molar refractivity (Wildman–Crippen MR) is 101 cm³/mol. The Morgan fingerprint density at radius 1 is 0.760 bits per heavy atom. The molecular weight excluding hydrogens is 334 g/mol. The Kier molecular flexibility index (Phi) is 5.26. The van der Waals surface area contributed by atoms with Crippen molar-refractivity contribution in [2.45, 2.75) is 0 Å². The van der Waals surface area contributed by atoms with E-state index in [0.29, 0.717) is 21.7 Å². The second kappa shape index (κ2) is 7.77. The molecule has 3 nitrogen and oxygen atoms in total. The van der Waals surface area contributed by atoms with Crippen LogP contribution in [0.1, 0.15) is 26.3 Å². The molecule has 1 N–H and O–H groups in total. The van der Waals surface area contributed by atoms with E-state index in [4.69, 9.17) is 11.6 Å². The van der Waals surface area contributed by atoms with Crippen molar-refractivity contribution in [3.05, 3.63) is 101 Å². The van der Waals surface area contributed by atoms with Gasteiger partial charge in [-0.05, 0) is 36.4 Å². The quantitative estimate of drug-likeness (QED) is 0.646. The van der Waals surface area contributed by atoms with E-state index in [-0.39, 0.29) is 18.1 Å². The van der Waals surface area contributed by atoms with Crippen molar-refractivity contribution in [2.75, 3.05) is 11.9 Å². The van der Waals surface area contributed by atoms with Crippen molar-refractivity contribution < 1.29 is 9.59 Å². The molecule has 0 heterocycles. The van der Waals surface area contributed by atoms with Crippen LogP contribution >= 0.6 is 11.6 Å². The molecular formula is C21H16ClNO2. The summed E-state index contributed by atoms with van der Waals surface area (Å²) < 4.78 is 0. The van der Waals surface area contributed by atoms with Crippen molar-refractivity contribution >= 4 is 28.9 Å². The Labute approximate surface area is 151 Å². The van der Waals surface area contributed by atoms with Gasteiger partial charge >= 0.3 is 0 Å². The lowest BCUT2D eigenvalue weighted by atomic mass is 10.0. The molecule has 0 saturated heterocycles. The minimum Gasteiger partial charge on any atom is -0.378 e. The smallest absolute Gasteiger partial charge is 0.193 e. The first kappa shape index (κ1) is 16.9. The van der Waals surface area contributed by atoms with E-state index < -0.39 is 0 Å². The van der Waals surface area contributed by atoms with Crippen LogP contribution in [0.5, 0.6) is 0 Å². The fourth-order valence-electron chi connectivity index (χ4n) is 2.45. The van der Waals surface area contributed by atoms with Crippen LogP contribution in [0.25, 0.3) is 0 Å². The van der Waals surface area contributed by atoms with Gasteiger partial charge in [0.2, 0.25) is 0 Å². The summed E-state index contributed by atoms with van der Waals surface area (Å²) in [5, 5.41) is 3.66. The summed E-state index contributed by atoms with van der Waals surface area (Å²) in [7, 11) is 0. The van der Waals surface area contributed by atoms with E-state index in [2.05, 4.69) is 5.32 Å². The number of Topliss-reactive ketones (excluding diaryl/α,β-unsaturated/α-hetero) is 1. The summed E-state index contributed by atoms with van der Waals surface area (Å²) >= 11 is 5.83. The molecule has 3 rings (SSSR count). The third kappa shape index (κ3) is 4.34. The minimum atomic E-state index is -0.0479. The van der Waals surface area contributed by atoms with Crippen LogP contribution in [0.3, 0.4) is 0 Å². The van der Waals surface area contributed by atoms with Crippen LogP contribution in [-0.4, -0.2) is 18.1 Å². The number of ketones is 2. The summed E-state index contributed by atoms with van der Waals surface area (Å²) in [5.41, 5.74) is 2.53. The van der Waals surface area contributed by atoms with E-state index in [1.807, 2.05) is 24.3 Å². The lowest BCUT2D eigenvalue weighted by Crippen LogP contribution is -2.14. The lowest BCUT2D eigenvalue weighted by molar-refractivity contribution is 0.100. The van der Waals surface area contributed by atoms with Crippen molar-refractivity contribution in [3.8, 4) is 0 Å². The monoisotopic (exact) mass is 349 g/mol. The molecule has 0 aliphatic carbocycles.